The highest BCUT2D eigenvalue weighted by molar-refractivity contribution is 5.85. The minimum atomic E-state index is -0.906. The Bertz CT molecular complexity index is 237. The molecule has 0 aliphatic carbocycles. The number of ether oxygens (including phenoxy) is 2. The van der Waals surface area contributed by atoms with E-state index in [4.69, 9.17) is 14.6 Å². The monoisotopic (exact) mass is 230 g/mol. The van der Waals surface area contributed by atoms with Gasteiger partial charge in [0.25, 0.3) is 0 Å². The van der Waals surface area contributed by atoms with Crippen LogP contribution < -0.4 is 0 Å². The number of unbranched alkanes of at least 4 members (excludes halogenated alkanes) is 1. The molecule has 5 nitrogen and oxygen atoms in total. The van der Waals surface area contributed by atoms with Crippen molar-refractivity contribution in [2.24, 2.45) is 0 Å². The molecule has 92 valence electrons. The maximum absolute atomic E-state index is 11.4. The number of rotatable bonds is 8. The van der Waals surface area contributed by atoms with Crippen LogP contribution in [0.5, 0.6) is 0 Å². The zero-order valence-electron chi connectivity index (χ0n) is 9.48. The van der Waals surface area contributed by atoms with E-state index in [-0.39, 0.29) is 13.2 Å². The molecule has 0 saturated heterocycles. The van der Waals surface area contributed by atoms with Gasteiger partial charge in [-0.25, -0.2) is 9.59 Å². The van der Waals surface area contributed by atoms with Crippen LogP contribution in [0.3, 0.4) is 0 Å². The fraction of sp³-hybridized carbons (Fsp3) is 0.636. The highest BCUT2D eigenvalue weighted by Gasteiger charge is 2.22. The summed E-state index contributed by atoms with van der Waals surface area (Å²) in [6, 6.07) is 0. The van der Waals surface area contributed by atoms with E-state index in [0.29, 0.717) is 19.3 Å². The first-order valence-electron chi connectivity index (χ1n) is 5.26. The average molecular weight is 230 g/mol. The van der Waals surface area contributed by atoms with Crippen LogP contribution in [0.15, 0.2) is 12.7 Å². The Morgan fingerprint density at radius 1 is 1.44 bits per heavy atom. The molecule has 0 radical (unpaired) electrons. The van der Waals surface area contributed by atoms with E-state index in [0.717, 1.165) is 6.08 Å². The van der Waals surface area contributed by atoms with Crippen LogP contribution in [0.1, 0.15) is 26.2 Å². The van der Waals surface area contributed by atoms with E-state index in [1.807, 2.05) is 0 Å². The maximum atomic E-state index is 11.4. The number of hydrogen-bond donors (Lipinski definition) is 1. The molecule has 5 heteroatoms. The first kappa shape index (κ1) is 14.6. The van der Waals surface area contributed by atoms with Crippen molar-refractivity contribution in [2.45, 2.75) is 32.3 Å². The van der Waals surface area contributed by atoms with Crippen LogP contribution in [0, 0.1) is 0 Å². The predicted molar refractivity (Wildman–Crippen MR) is 57.6 cm³/mol. The molecule has 1 unspecified atom stereocenters. The Balaban J connectivity index is 4.19. The molecular formula is C11H18O5. The second-order valence-electron chi connectivity index (χ2n) is 3.10. The zero-order valence-corrected chi connectivity index (χ0v) is 9.48. The van der Waals surface area contributed by atoms with Crippen LogP contribution in [-0.4, -0.2) is 36.4 Å². The van der Waals surface area contributed by atoms with E-state index in [2.05, 4.69) is 6.58 Å². The number of carbonyl (C=O) groups is 2. The van der Waals surface area contributed by atoms with Gasteiger partial charge in [-0.05, 0) is 26.2 Å². The lowest BCUT2D eigenvalue weighted by molar-refractivity contribution is -0.165. The van der Waals surface area contributed by atoms with Gasteiger partial charge in [-0.15, -0.1) is 0 Å². The van der Waals surface area contributed by atoms with Gasteiger partial charge in [-0.1, -0.05) is 6.58 Å². The number of esters is 2. The highest BCUT2D eigenvalue weighted by Crippen LogP contribution is 2.08. The van der Waals surface area contributed by atoms with Gasteiger partial charge in [0.15, 0.2) is 6.10 Å². The Morgan fingerprint density at radius 3 is 2.62 bits per heavy atom. The Kier molecular flexibility index (Phi) is 8.15. The Labute approximate surface area is 95.0 Å². The third kappa shape index (κ3) is 6.19. The summed E-state index contributed by atoms with van der Waals surface area (Å²) in [5, 5.41) is 8.61. The number of aliphatic hydroxyl groups excluding tert-OH is 1. The standard InChI is InChI=1S/C11H18O5/c1-3-10(13)16-9(7-5-6-8-12)11(14)15-4-2/h3,9,12H,1,4-8H2,2H3. The molecule has 0 spiro atoms. The first-order valence-corrected chi connectivity index (χ1v) is 5.26. The van der Waals surface area contributed by atoms with Crippen LogP contribution in [0.4, 0.5) is 0 Å². The molecule has 1 N–H and O–H groups in total. The lowest BCUT2D eigenvalue weighted by atomic mass is 10.1. The van der Waals surface area contributed by atoms with Crippen LogP contribution in [0.2, 0.25) is 0 Å². The second kappa shape index (κ2) is 8.91. The van der Waals surface area contributed by atoms with Gasteiger partial charge in [0.2, 0.25) is 0 Å². The maximum Gasteiger partial charge on any atom is 0.347 e. The molecule has 0 aliphatic heterocycles. The molecule has 0 rings (SSSR count). The van der Waals surface area contributed by atoms with Crippen molar-refractivity contribution < 1.29 is 24.2 Å². The fourth-order valence-electron chi connectivity index (χ4n) is 1.09. The summed E-state index contributed by atoms with van der Waals surface area (Å²) >= 11 is 0. The highest BCUT2D eigenvalue weighted by atomic mass is 16.6. The SMILES string of the molecule is C=CC(=O)OC(CCCCO)C(=O)OCC. The second-order valence-corrected chi connectivity index (χ2v) is 3.10. The molecule has 0 heterocycles. The smallest absolute Gasteiger partial charge is 0.347 e. The fourth-order valence-corrected chi connectivity index (χ4v) is 1.09. The summed E-state index contributed by atoms with van der Waals surface area (Å²) < 4.78 is 9.61. The third-order valence-electron chi connectivity index (χ3n) is 1.85. The largest absolute Gasteiger partial charge is 0.463 e. The van der Waals surface area contributed by atoms with Crippen molar-refractivity contribution in [2.75, 3.05) is 13.2 Å². The molecule has 0 aromatic heterocycles. The topological polar surface area (TPSA) is 72.8 Å². The van der Waals surface area contributed by atoms with E-state index < -0.39 is 18.0 Å². The van der Waals surface area contributed by atoms with Gasteiger partial charge in [0.1, 0.15) is 0 Å². The molecule has 0 bridgehead atoms. The van der Waals surface area contributed by atoms with Crippen molar-refractivity contribution in [3.63, 3.8) is 0 Å². The number of aliphatic hydroxyl groups is 1. The summed E-state index contributed by atoms with van der Waals surface area (Å²) in [6.45, 7) is 5.21. The molecule has 0 aromatic carbocycles. The van der Waals surface area contributed by atoms with Crippen LogP contribution in [-0.2, 0) is 19.1 Å². The average Bonchev–Trinajstić information content (AvgIpc) is 2.28. The molecule has 0 aromatic rings. The molecular weight excluding hydrogens is 212 g/mol. The summed E-state index contributed by atoms with van der Waals surface area (Å²) in [5.74, 6) is -1.21. The zero-order chi connectivity index (χ0) is 12.4. The summed E-state index contributed by atoms with van der Waals surface area (Å²) in [4.78, 5) is 22.4. The van der Waals surface area contributed by atoms with Gasteiger partial charge in [-0.2, -0.15) is 0 Å². The number of carbonyl (C=O) groups excluding carboxylic acids is 2. The van der Waals surface area contributed by atoms with Gasteiger partial charge in [0, 0.05) is 12.7 Å². The van der Waals surface area contributed by atoms with Crippen molar-refractivity contribution in [1.82, 2.24) is 0 Å². The van der Waals surface area contributed by atoms with E-state index in [1.54, 1.807) is 6.92 Å². The normalized spacial score (nSPS) is 11.6. The summed E-state index contributed by atoms with van der Waals surface area (Å²) in [7, 11) is 0. The minimum Gasteiger partial charge on any atom is -0.463 e. The van der Waals surface area contributed by atoms with Crippen LogP contribution >= 0.6 is 0 Å². The quantitative estimate of drug-likeness (QED) is 0.379. The van der Waals surface area contributed by atoms with Gasteiger partial charge in [-0.3, -0.25) is 0 Å². The Morgan fingerprint density at radius 2 is 2.12 bits per heavy atom. The predicted octanol–water partition coefficient (Wildman–Crippen LogP) is 0.810. The molecule has 1 atom stereocenters. The summed E-state index contributed by atoms with van der Waals surface area (Å²) in [6.07, 6.45) is 1.58. The van der Waals surface area contributed by atoms with E-state index in [1.165, 1.54) is 0 Å². The van der Waals surface area contributed by atoms with Crippen molar-refractivity contribution in [3.8, 4) is 0 Å². The van der Waals surface area contributed by atoms with Gasteiger partial charge < -0.3 is 14.6 Å². The van der Waals surface area contributed by atoms with Gasteiger partial charge >= 0.3 is 11.9 Å². The first-order chi connectivity index (χ1) is 7.65. The molecule has 0 saturated carbocycles. The Hall–Kier alpha value is -1.36. The molecule has 0 aliphatic rings. The number of hydrogen-bond acceptors (Lipinski definition) is 5. The van der Waals surface area contributed by atoms with E-state index in [9.17, 15) is 9.59 Å². The molecule has 16 heavy (non-hydrogen) atoms. The van der Waals surface area contributed by atoms with Gasteiger partial charge in [0.05, 0.1) is 6.61 Å². The molecule has 0 amide bonds. The lowest BCUT2D eigenvalue weighted by Crippen LogP contribution is -2.28. The molecule has 0 fully saturated rings. The summed E-state index contributed by atoms with van der Waals surface area (Å²) in [5.41, 5.74) is 0. The van der Waals surface area contributed by atoms with E-state index >= 15 is 0 Å². The van der Waals surface area contributed by atoms with Crippen LogP contribution in [0.25, 0.3) is 0 Å². The third-order valence-corrected chi connectivity index (χ3v) is 1.85. The van der Waals surface area contributed by atoms with Crippen molar-refractivity contribution in [1.29, 1.82) is 0 Å². The van der Waals surface area contributed by atoms with Crippen molar-refractivity contribution >= 4 is 11.9 Å². The lowest BCUT2D eigenvalue weighted by Gasteiger charge is -2.15. The minimum absolute atomic E-state index is 0.0466. The van der Waals surface area contributed by atoms with Crippen molar-refractivity contribution in [3.05, 3.63) is 12.7 Å².